The Balaban J connectivity index is 0.000000238. The lowest BCUT2D eigenvalue weighted by molar-refractivity contribution is -0.139. The van der Waals surface area contributed by atoms with Crippen molar-refractivity contribution in [1.29, 1.82) is 0 Å². The summed E-state index contributed by atoms with van der Waals surface area (Å²) in [6.07, 6.45) is 4.91. The molecule has 1 heterocycles. The first-order chi connectivity index (χ1) is 24.3. The number of rotatable bonds is 17. The Bertz CT molecular complexity index is 1440. The zero-order chi connectivity index (χ0) is 35.7. The van der Waals surface area contributed by atoms with Gasteiger partial charge in [-0.25, -0.2) is 9.59 Å². The Kier molecular flexibility index (Phi) is 15.7. The van der Waals surface area contributed by atoms with E-state index in [0.29, 0.717) is 18.7 Å². The van der Waals surface area contributed by atoms with Crippen molar-refractivity contribution in [3.8, 4) is 22.6 Å². The van der Waals surface area contributed by atoms with E-state index < -0.39 is 18.1 Å². The molecule has 1 fully saturated rings. The average Bonchev–Trinajstić information content (AvgIpc) is 3.46. The first-order valence-corrected chi connectivity index (χ1v) is 18.3. The molecule has 1 aliphatic heterocycles. The fourth-order valence-corrected chi connectivity index (χ4v) is 6.54. The Morgan fingerprint density at radius 1 is 0.960 bits per heavy atom. The van der Waals surface area contributed by atoms with Crippen LogP contribution in [0.15, 0.2) is 66.7 Å². The van der Waals surface area contributed by atoms with Crippen LogP contribution in [0.4, 0.5) is 10.5 Å². The molecule has 272 valence electrons. The fourth-order valence-electron chi connectivity index (χ4n) is 6.54. The fraction of sp³-hybridized carbons (Fsp3) is 0.500. The molecule has 2 unspecified atom stereocenters. The first kappa shape index (κ1) is 38.5. The van der Waals surface area contributed by atoms with Crippen LogP contribution in [-0.4, -0.2) is 80.7 Å². The van der Waals surface area contributed by atoms with Crippen LogP contribution in [0.3, 0.4) is 0 Å². The number of carbonyl (C=O) groups excluding carboxylic acids is 1. The van der Waals surface area contributed by atoms with Gasteiger partial charge in [0.05, 0.1) is 18.9 Å². The molecule has 0 radical (unpaired) electrons. The maximum Gasteiger partial charge on any atom is 0.407 e. The quantitative estimate of drug-likeness (QED) is 0.0880. The second-order valence-electron chi connectivity index (χ2n) is 12.9. The molecule has 1 aliphatic carbocycles. The molecule has 10 heteroatoms. The number of carboxylic acids is 1. The predicted molar refractivity (Wildman–Crippen MR) is 199 cm³/mol. The van der Waals surface area contributed by atoms with Gasteiger partial charge in [0.25, 0.3) is 0 Å². The average molecular weight is 689 g/mol. The number of unbranched alkanes of at least 4 members (excludes halogenated alkanes) is 1. The number of fused-ring (bicyclic) bond motifs is 3. The summed E-state index contributed by atoms with van der Waals surface area (Å²) in [5.74, 6) is 0.738. The van der Waals surface area contributed by atoms with Crippen molar-refractivity contribution < 1.29 is 28.9 Å². The highest BCUT2D eigenvalue weighted by atomic mass is 16.5. The van der Waals surface area contributed by atoms with Gasteiger partial charge in [-0.15, -0.1) is 0 Å². The summed E-state index contributed by atoms with van der Waals surface area (Å²) < 4.78 is 16.9. The number of nitrogens with zero attached hydrogens (tertiary/aromatic N) is 1. The van der Waals surface area contributed by atoms with Crippen LogP contribution >= 0.6 is 0 Å². The van der Waals surface area contributed by atoms with Crippen LogP contribution in [0, 0.1) is 5.92 Å². The van der Waals surface area contributed by atoms with Crippen molar-refractivity contribution in [2.24, 2.45) is 5.92 Å². The number of hydrogen-bond acceptors (Lipinski definition) is 8. The van der Waals surface area contributed by atoms with Gasteiger partial charge < -0.3 is 40.6 Å². The molecule has 2 atom stereocenters. The third-order valence-corrected chi connectivity index (χ3v) is 9.42. The number of carboxylic acid groups (broad SMARTS) is 1. The van der Waals surface area contributed by atoms with E-state index in [1.54, 1.807) is 0 Å². The van der Waals surface area contributed by atoms with E-state index in [-0.39, 0.29) is 18.4 Å². The number of hydrogen-bond donors (Lipinski definition) is 4. The predicted octanol–water partition coefficient (Wildman–Crippen LogP) is 6.93. The highest BCUT2D eigenvalue weighted by Gasteiger charge is 2.30. The van der Waals surface area contributed by atoms with Crippen LogP contribution < -0.4 is 25.8 Å². The summed E-state index contributed by atoms with van der Waals surface area (Å²) in [5.41, 5.74) is 11.2. The van der Waals surface area contributed by atoms with E-state index in [9.17, 15) is 14.7 Å². The Hall–Kier alpha value is -4.28. The third-order valence-electron chi connectivity index (χ3n) is 9.42. The minimum absolute atomic E-state index is 0.0426. The molecular formula is C40H56N4O6. The molecule has 0 aromatic heterocycles. The minimum atomic E-state index is -1.02. The van der Waals surface area contributed by atoms with Crippen LogP contribution in [0.2, 0.25) is 0 Å². The topological polar surface area (TPSA) is 135 Å². The highest BCUT2D eigenvalue weighted by molar-refractivity contribution is 5.81. The monoisotopic (exact) mass is 688 g/mol. The van der Waals surface area contributed by atoms with Crippen molar-refractivity contribution >= 4 is 17.7 Å². The van der Waals surface area contributed by atoms with Gasteiger partial charge in [0.1, 0.15) is 24.1 Å². The summed E-state index contributed by atoms with van der Waals surface area (Å²) in [6.45, 7) is 13.1. The van der Waals surface area contributed by atoms with Gasteiger partial charge in [0, 0.05) is 18.5 Å². The maximum absolute atomic E-state index is 12.4. The Morgan fingerprint density at radius 2 is 1.64 bits per heavy atom. The summed E-state index contributed by atoms with van der Waals surface area (Å²) in [4.78, 5) is 26.4. The summed E-state index contributed by atoms with van der Waals surface area (Å²) in [6, 6.07) is 20.9. The van der Waals surface area contributed by atoms with Gasteiger partial charge in [-0.05, 0) is 98.6 Å². The van der Waals surface area contributed by atoms with Crippen LogP contribution in [0.5, 0.6) is 11.5 Å². The van der Waals surface area contributed by atoms with Crippen molar-refractivity contribution in [2.75, 3.05) is 58.3 Å². The zero-order valence-corrected chi connectivity index (χ0v) is 30.0. The molecule has 2 aliphatic rings. The number of ether oxygens (including phenoxy) is 3. The molecule has 3 aromatic rings. The largest absolute Gasteiger partial charge is 0.493 e. The van der Waals surface area contributed by atoms with Crippen molar-refractivity contribution in [2.45, 2.75) is 71.3 Å². The Labute approximate surface area is 297 Å². The molecule has 5 rings (SSSR count). The third kappa shape index (κ3) is 11.4. The van der Waals surface area contributed by atoms with Crippen LogP contribution in [0.1, 0.15) is 76.3 Å². The number of aliphatic carboxylic acids is 1. The number of anilines is 1. The number of amides is 1. The first-order valence-electron chi connectivity index (χ1n) is 18.3. The normalized spacial score (nSPS) is 15.6. The second kappa shape index (κ2) is 20.4. The minimum Gasteiger partial charge on any atom is -0.493 e. The van der Waals surface area contributed by atoms with Gasteiger partial charge in [-0.1, -0.05) is 75.7 Å². The Morgan fingerprint density at radius 3 is 2.26 bits per heavy atom. The summed E-state index contributed by atoms with van der Waals surface area (Å²) in [7, 11) is 0. The van der Waals surface area contributed by atoms with Crippen molar-refractivity contribution in [3.05, 3.63) is 77.9 Å². The zero-order valence-electron chi connectivity index (χ0n) is 30.0. The number of alkyl carbamates (subject to hydrolysis) is 1. The van der Waals surface area contributed by atoms with Crippen molar-refractivity contribution in [3.63, 3.8) is 0 Å². The number of carbonyl (C=O) groups is 2. The van der Waals surface area contributed by atoms with Gasteiger partial charge in [0.15, 0.2) is 0 Å². The molecular weight excluding hydrogens is 632 g/mol. The van der Waals surface area contributed by atoms with E-state index >= 15 is 0 Å². The second-order valence-corrected chi connectivity index (χ2v) is 12.9. The van der Waals surface area contributed by atoms with E-state index in [4.69, 9.17) is 19.9 Å². The molecule has 1 amide bonds. The number of nitrogens with one attached hydrogen (secondary N) is 2. The highest BCUT2D eigenvalue weighted by Crippen LogP contribution is 2.44. The van der Waals surface area contributed by atoms with E-state index in [1.807, 2.05) is 42.5 Å². The summed E-state index contributed by atoms with van der Waals surface area (Å²) in [5, 5.41) is 15.3. The van der Waals surface area contributed by atoms with Crippen LogP contribution in [-0.2, 0) is 9.53 Å². The van der Waals surface area contributed by atoms with Crippen LogP contribution in [0.25, 0.3) is 11.1 Å². The maximum atomic E-state index is 12.4. The molecule has 0 bridgehead atoms. The molecule has 5 N–H and O–H groups in total. The SMILES string of the molecule is CCCCOc1cc(OCCCN(CC)CC)ccc1N.O=C(NC(CC1CCCNC1)C(=O)O)OCC1c2ccccc2-c2ccccc21. The lowest BCUT2D eigenvalue weighted by Crippen LogP contribution is -2.44. The van der Waals surface area contributed by atoms with E-state index in [2.05, 4.69) is 60.6 Å². The summed E-state index contributed by atoms with van der Waals surface area (Å²) >= 11 is 0. The van der Waals surface area contributed by atoms with Gasteiger partial charge >= 0.3 is 12.1 Å². The molecule has 3 aromatic carbocycles. The number of piperidine rings is 1. The van der Waals surface area contributed by atoms with Gasteiger partial charge in [-0.3, -0.25) is 0 Å². The van der Waals surface area contributed by atoms with E-state index in [1.165, 1.54) is 0 Å². The lowest BCUT2D eigenvalue weighted by atomic mass is 9.92. The molecule has 50 heavy (non-hydrogen) atoms. The van der Waals surface area contributed by atoms with E-state index in [0.717, 1.165) is 105 Å². The standard InChI is InChI=1S/C23H26N2O4.C17H30N2O2/c26-22(27)21(12-15-6-5-11-24-13-15)25-23(28)29-14-20-18-9-3-1-7-16(18)17-8-2-4-10-19(17)20;1-4-7-12-21-17-14-15(9-10-16(17)18)20-13-8-11-19(5-2)6-3/h1-4,7-10,15,20-21,24H,5-6,11-14H2,(H,25,28)(H,26,27);9-10,14H,4-8,11-13,18H2,1-3H3. The van der Waals surface area contributed by atoms with Crippen molar-refractivity contribution in [1.82, 2.24) is 15.5 Å². The van der Waals surface area contributed by atoms with Gasteiger partial charge in [-0.2, -0.15) is 0 Å². The lowest BCUT2D eigenvalue weighted by Gasteiger charge is -2.25. The number of nitrogen functional groups attached to an aromatic ring is 1. The molecule has 10 nitrogen and oxygen atoms in total. The number of nitrogens with two attached hydrogens (primary N) is 1. The van der Waals surface area contributed by atoms with Gasteiger partial charge in [0.2, 0.25) is 0 Å². The smallest absolute Gasteiger partial charge is 0.407 e. The number of benzene rings is 3. The molecule has 1 saturated heterocycles. The molecule has 0 spiro atoms. The molecule has 0 saturated carbocycles.